The first-order chi connectivity index (χ1) is 9.69. The molecule has 6 heteroatoms. The predicted molar refractivity (Wildman–Crippen MR) is 82.5 cm³/mol. The molecule has 1 unspecified atom stereocenters. The highest BCUT2D eigenvalue weighted by Gasteiger charge is 2.15. The molecule has 0 bridgehead atoms. The van der Waals surface area contributed by atoms with Crippen molar-refractivity contribution in [1.82, 2.24) is 25.5 Å². The van der Waals surface area contributed by atoms with Crippen molar-refractivity contribution in [3.05, 3.63) is 40.1 Å². The number of hydrogen-bond acceptors (Lipinski definition) is 4. The van der Waals surface area contributed by atoms with E-state index in [1.54, 1.807) is 7.05 Å². The molecule has 2 rings (SSSR count). The van der Waals surface area contributed by atoms with Crippen LogP contribution in [0, 0.1) is 0 Å². The number of aromatic nitrogens is 4. The average molecular weight is 338 g/mol. The summed E-state index contributed by atoms with van der Waals surface area (Å²) >= 11 is 3.53. The standard InChI is InChI=1S/C14H20BrN5/c1-3-7-16-10-12(9-14-17-19-20(2)18-14)11-5-4-6-13(15)8-11/h4-6,8,12,16H,3,7,9-10H2,1-2H3. The Morgan fingerprint density at radius 3 is 2.90 bits per heavy atom. The molecule has 0 saturated carbocycles. The minimum atomic E-state index is 0.350. The number of halogens is 1. The molecule has 5 nitrogen and oxygen atoms in total. The van der Waals surface area contributed by atoms with Gasteiger partial charge in [-0.3, -0.25) is 0 Å². The zero-order valence-electron chi connectivity index (χ0n) is 11.9. The van der Waals surface area contributed by atoms with Crippen molar-refractivity contribution >= 4 is 15.9 Å². The van der Waals surface area contributed by atoms with E-state index in [2.05, 4.69) is 61.8 Å². The fraction of sp³-hybridized carbons (Fsp3) is 0.500. The summed E-state index contributed by atoms with van der Waals surface area (Å²) in [4.78, 5) is 1.51. The summed E-state index contributed by atoms with van der Waals surface area (Å²) in [6.45, 7) is 4.12. The Balaban J connectivity index is 2.11. The highest BCUT2D eigenvalue weighted by Crippen LogP contribution is 2.22. The van der Waals surface area contributed by atoms with Crippen LogP contribution in [0.25, 0.3) is 0 Å². The molecule has 1 aromatic carbocycles. The average Bonchev–Trinajstić information content (AvgIpc) is 2.83. The van der Waals surface area contributed by atoms with Gasteiger partial charge in [-0.25, -0.2) is 0 Å². The number of tetrazole rings is 1. The normalized spacial score (nSPS) is 12.6. The van der Waals surface area contributed by atoms with Gasteiger partial charge in [0, 0.05) is 23.4 Å². The summed E-state index contributed by atoms with van der Waals surface area (Å²) in [5.74, 6) is 1.14. The number of rotatable bonds is 7. The van der Waals surface area contributed by atoms with Crippen molar-refractivity contribution in [2.24, 2.45) is 7.05 Å². The second-order valence-electron chi connectivity index (χ2n) is 4.86. The second kappa shape index (κ2) is 7.50. The van der Waals surface area contributed by atoms with Gasteiger partial charge in [-0.05, 0) is 35.9 Å². The molecule has 1 heterocycles. The number of hydrogen-bond donors (Lipinski definition) is 1. The van der Waals surface area contributed by atoms with Crippen molar-refractivity contribution in [2.45, 2.75) is 25.7 Å². The quantitative estimate of drug-likeness (QED) is 0.787. The topological polar surface area (TPSA) is 55.6 Å². The smallest absolute Gasteiger partial charge is 0.175 e. The van der Waals surface area contributed by atoms with E-state index < -0.39 is 0 Å². The molecule has 0 radical (unpaired) electrons. The van der Waals surface area contributed by atoms with Gasteiger partial charge < -0.3 is 5.32 Å². The maximum Gasteiger partial charge on any atom is 0.175 e. The van der Waals surface area contributed by atoms with Crippen LogP contribution >= 0.6 is 15.9 Å². The van der Waals surface area contributed by atoms with Gasteiger partial charge >= 0.3 is 0 Å². The molecule has 2 aromatic rings. The third-order valence-electron chi connectivity index (χ3n) is 3.12. The molecule has 108 valence electrons. The van der Waals surface area contributed by atoms with Crippen LogP contribution in [0.15, 0.2) is 28.7 Å². The molecule has 0 aliphatic rings. The summed E-state index contributed by atoms with van der Waals surface area (Å²) in [6, 6.07) is 8.42. The Hall–Kier alpha value is -1.27. The minimum Gasteiger partial charge on any atom is -0.316 e. The number of benzene rings is 1. The summed E-state index contributed by atoms with van der Waals surface area (Å²) < 4.78 is 1.10. The first-order valence-corrected chi connectivity index (χ1v) is 7.67. The van der Waals surface area contributed by atoms with Gasteiger partial charge in [-0.1, -0.05) is 35.0 Å². The Labute approximate surface area is 127 Å². The lowest BCUT2D eigenvalue weighted by atomic mass is 9.95. The van der Waals surface area contributed by atoms with Crippen LogP contribution in [0.3, 0.4) is 0 Å². The highest BCUT2D eigenvalue weighted by atomic mass is 79.9. The van der Waals surface area contributed by atoms with Gasteiger partial charge in [0.05, 0.1) is 7.05 Å². The van der Waals surface area contributed by atoms with E-state index in [-0.39, 0.29) is 0 Å². The third-order valence-corrected chi connectivity index (χ3v) is 3.61. The van der Waals surface area contributed by atoms with Gasteiger partial charge in [-0.15, -0.1) is 10.2 Å². The van der Waals surface area contributed by atoms with Crippen molar-refractivity contribution < 1.29 is 0 Å². The van der Waals surface area contributed by atoms with E-state index in [4.69, 9.17) is 0 Å². The molecular weight excluding hydrogens is 318 g/mol. The molecule has 0 fully saturated rings. The first-order valence-electron chi connectivity index (χ1n) is 6.88. The van der Waals surface area contributed by atoms with Crippen LogP contribution in [0.4, 0.5) is 0 Å². The maximum atomic E-state index is 4.28. The van der Waals surface area contributed by atoms with Gasteiger partial charge in [0.1, 0.15) is 0 Å². The van der Waals surface area contributed by atoms with E-state index in [0.29, 0.717) is 5.92 Å². The lowest BCUT2D eigenvalue weighted by Crippen LogP contribution is -2.24. The van der Waals surface area contributed by atoms with Crippen LogP contribution in [0.2, 0.25) is 0 Å². The summed E-state index contributed by atoms with van der Waals surface area (Å²) in [7, 11) is 1.79. The van der Waals surface area contributed by atoms with E-state index in [9.17, 15) is 0 Å². The van der Waals surface area contributed by atoms with Crippen molar-refractivity contribution in [2.75, 3.05) is 13.1 Å². The van der Waals surface area contributed by atoms with Gasteiger partial charge in [0.2, 0.25) is 0 Å². The molecular formula is C14H20BrN5. The monoisotopic (exact) mass is 337 g/mol. The van der Waals surface area contributed by atoms with Crippen molar-refractivity contribution in [1.29, 1.82) is 0 Å². The summed E-state index contributed by atoms with van der Waals surface area (Å²) in [5.41, 5.74) is 1.29. The summed E-state index contributed by atoms with van der Waals surface area (Å²) in [5, 5.41) is 15.8. The third kappa shape index (κ3) is 4.38. The van der Waals surface area contributed by atoms with Crippen LogP contribution in [-0.4, -0.2) is 33.3 Å². The molecule has 1 aromatic heterocycles. The molecule has 0 amide bonds. The van der Waals surface area contributed by atoms with E-state index in [1.807, 2.05) is 6.07 Å². The molecule has 1 atom stereocenters. The molecule has 0 aliphatic heterocycles. The van der Waals surface area contributed by atoms with Crippen molar-refractivity contribution in [3.63, 3.8) is 0 Å². The second-order valence-corrected chi connectivity index (χ2v) is 5.77. The molecule has 1 N–H and O–H groups in total. The van der Waals surface area contributed by atoms with Gasteiger partial charge in [-0.2, -0.15) is 4.80 Å². The largest absolute Gasteiger partial charge is 0.316 e. The Morgan fingerprint density at radius 1 is 1.40 bits per heavy atom. The van der Waals surface area contributed by atoms with Crippen LogP contribution in [0.1, 0.15) is 30.7 Å². The zero-order chi connectivity index (χ0) is 14.4. The van der Waals surface area contributed by atoms with Crippen LogP contribution in [-0.2, 0) is 13.5 Å². The SMILES string of the molecule is CCCNCC(Cc1nnn(C)n1)c1cccc(Br)c1. The fourth-order valence-corrected chi connectivity index (χ4v) is 2.56. The molecule has 0 saturated heterocycles. The van der Waals surface area contributed by atoms with Gasteiger partial charge in [0.25, 0.3) is 0 Å². The number of aryl methyl sites for hydroxylation is 1. The van der Waals surface area contributed by atoms with E-state index in [1.165, 1.54) is 10.4 Å². The fourth-order valence-electron chi connectivity index (χ4n) is 2.15. The van der Waals surface area contributed by atoms with E-state index in [0.717, 1.165) is 36.2 Å². The lowest BCUT2D eigenvalue weighted by molar-refractivity contribution is 0.563. The van der Waals surface area contributed by atoms with Gasteiger partial charge in [0.15, 0.2) is 5.82 Å². The number of nitrogens with zero attached hydrogens (tertiary/aromatic N) is 4. The zero-order valence-corrected chi connectivity index (χ0v) is 13.5. The summed E-state index contributed by atoms with van der Waals surface area (Å²) in [6.07, 6.45) is 1.93. The molecule has 0 spiro atoms. The van der Waals surface area contributed by atoms with Crippen molar-refractivity contribution in [3.8, 4) is 0 Å². The molecule has 0 aliphatic carbocycles. The lowest BCUT2D eigenvalue weighted by Gasteiger charge is -2.16. The molecule has 20 heavy (non-hydrogen) atoms. The predicted octanol–water partition coefficient (Wildman–Crippen LogP) is 2.30. The maximum absolute atomic E-state index is 4.28. The minimum absolute atomic E-state index is 0.350. The van der Waals surface area contributed by atoms with E-state index >= 15 is 0 Å². The highest BCUT2D eigenvalue weighted by molar-refractivity contribution is 9.10. The van der Waals surface area contributed by atoms with Crippen LogP contribution < -0.4 is 5.32 Å². The van der Waals surface area contributed by atoms with Crippen LogP contribution in [0.5, 0.6) is 0 Å². The first kappa shape index (κ1) is 15.1. The Morgan fingerprint density at radius 2 is 2.25 bits per heavy atom. The Kier molecular flexibility index (Phi) is 5.67. The number of nitrogens with one attached hydrogen (secondary N) is 1. The Bertz CT molecular complexity index is 540.